The summed E-state index contributed by atoms with van der Waals surface area (Å²) in [6.45, 7) is 3.15. The molecule has 0 aliphatic carbocycles. The quantitative estimate of drug-likeness (QED) is 0.554. The fraction of sp³-hybridized carbons (Fsp3) is 0.923. The molecule has 97 valence electrons. The van der Waals surface area contributed by atoms with Gasteiger partial charge in [0.15, 0.2) is 0 Å². The van der Waals surface area contributed by atoms with Crippen LogP contribution in [0.3, 0.4) is 0 Å². The van der Waals surface area contributed by atoms with E-state index in [0.717, 1.165) is 13.0 Å². The first kappa shape index (κ1) is 14.1. The number of rotatable bonds is 11. The lowest BCUT2D eigenvalue weighted by Crippen LogP contribution is -2.02. The van der Waals surface area contributed by atoms with Crippen molar-refractivity contribution in [2.24, 2.45) is 0 Å². The van der Waals surface area contributed by atoms with Crippen LogP contribution < -0.4 is 0 Å². The fourth-order valence-corrected chi connectivity index (χ4v) is 2.00. The molecule has 1 rings (SSSR count). The Hall–Kier alpha value is -0.930. The zero-order valence-electron chi connectivity index (χ0n) is 11.1. The van der Waals surface area contributed by atoms with Gasteiger partial charge in [0.05, 0.1) is 6.54 Å². The minimum absolute atomic E-state index is 0.882. The third-order valence-electron chi connectivity index (χ3n) is 3.06. The first-order chi connectivity index (χ1) is 8.43. The van der Waals surface area contributed by atoms with Crippen LogP contribution in [-0.2, 0) is 6.54 Å². The van der Waals surface area contributed by atoms with Crippen LogP contribution >= 0.6 is 0 Å². The molecule has 0 aromatic carbocycles. The van der Waals surface area contributed by atoms with Crippen LogP contribution in [0.4, 0.5) is 0 Å². The van der Waals surface area contributed by atoms with Crippen LogP contribution in [0, 0.1) is 6.33 Å². The normalized spacial score (nSPS) is 10.9. The summed E-state index contributed by atoms with van der Waals surface area (Å²) in [6, 6.07) is 0. The Morgan fingerprint density at radius 2 is 1.41 bits per heavy atom. The third-order valence-corrected chi connectivity index (χ3v) is 3.06. The van der Waals surface area contributed by atoms with E-state index in [-0.39, 0.29) is 0 Å². The molecule has 0 unspecified atom stereocenters. The highest BCUT2D eigenvalue weighted by Crippen LogP contribution is 2.10. The van der Waals surface area contributed by atoms with E-state index in [4.69, 9.17) is 0 Å². The van der Waals surface area contributed by atoms with Gasteiger partial charge in [-0.15, -0.1) is 10.2 Å². The SMILES string of the molecule is CCCCCCCCCCCCn1n[c]nn1. The van der Waals surface area contributed by atoms with Crippen molar-refractivity contribution in [3.63, 3.8) is 0 Å². The Bertz CT molecular complexity index is 246. The number of hydrogen-bond acceptors (Lipinski definition) is 3. The van der Waals surface area contributed by atoms with Crippen LogP contribution in [-0.4, -0.2) is 20.2 Å². The number of tetrazole rings is 1. The average Bonchev–Trinajstić information content (AvgIpc) is 2.85. The smallest absolute Gasteiger partial charge is 0.164 e. The first-order valence-electron chi connectivity index (χ1n) is 7.07. The lowest BCUT2D eigenvalue weighted by atomic mass is 10.1. The summed E-state index contributed by atoms with van der Waals surface area (Å²) in [6.07, 6.45) is 16.0. The first-order valence-corrected chi connectivity index (χ1v) is 7.07. The molecule has 4 heteroatoms. The molecule has 0 bridgehead atoms. The predicted octanol–water partition coefficient (Wildman–Crippen LogP) is 3.39. The monoisotopic (exact) mass is 237 g/mol. The number of hydrogen-bond donors (Lipinski definition) is 0. The third kappa shape index (κ3) is 7.88. The summed E-state index contributed by atoms with van der Waals surface area (Å²) in [7, 11) is 0. The molecule has 1 aromatic heterocycles. The molecular weight excluding hydrogens is 212 g/mol. The van der Waals surface area contributed by atoms with Crippen molar-refractivity contribution in [3.8, 4) is 0 Å². The highest BCUT2D eigenvalue weighted by Gasteiger charge is 1.95. The van der Waals surface area contributed by atoms with Crippen molar-refractivity contribution in [2.45, 2.75) is 77.7 Å². The van der Waals surface area contributed by atoms with Crippen LogP contribution in [0.5, 0.6) is 0 Å². The van der Waals surface area contributed by atoms with Gasteiger partial charge in [-0.3, -0.25) is 0 Å². The Morgan fingerprint density at radius 3 is 1.94 bits per heavy atom. The standard InChI is InChI=1S/C13H25N4/c1-2-3-4-5-6-7-8-9-10-11-12-17-15-13-14-16-17/h2-12H2,1H3. The molecular formula is C13H25N4. The van der Waals surface area contributed by atoms with E-state index in [1.807, 2.05) is 0 Å². The largest absolute Gasteiger partial charge is 0.245 e. The molecule has 0 atom stereocenters. The molecule has 0 fully saturated rings. The van der Waals surface area contributed by atoms with Gasteiger partial charge >= 0.3 is 0 Å². The van der Waals surface area contributed by atoms with E-state index in [0.29, 0.717) is 0 Å². The van der Waals surface area contributed by atoms with Gasteiger partial charge < -0.3 is 0 Å². The molecule has 17 heavy (non-hydrogen) atoms. The van der Waals surface area contributed by atoms with Crippen LogP contribution in [0.15, 0.2) is 0 Å². The maximum atomic E-state index is 3.86. The lowest BCUT2D eigenvalue weighted by Gasteiger charge is -2.01. The second-order valence-corrected chi connectivity index (χ2v) is 4.67. The molecule has 1 heterocycles. The van der Waals surface area contributed by atoms with E-state index in [9.17, 15) is 0 Å². The number of nitrogens with zero attached hydrogens (tertiary/aromatic N) is 4. The van der Waals surface area contributed by atoms with Gasteiger partial charge in [0.1, 0.15) is 0 Å². The summed E-state index contributed by atoms with van der Waals surface area (Å²) >= 11 is 0. The van der Waals surface area contributed by atoms with Crippen LogP contribution in [0.25, 0.3) is 0 Å². The fourth-order valence-electron chi connectivity index (χ4n) is 2.00. The van der Waals surface area contributed by atoms with Crippen molar-refractivity contribution in [1.82, 2.24) is 20.2 Å². The Kier molecular flexibility index (Phi) is 8.51. The van der Waals surface area contributed by atoms with Gasteiger partial charge in [-0.25, -0.2) is 0 Å². The Morgan fingerprint density at radius 1 is 0.824 bits per heavy atom. The van der Waals surface area contributed by atoms with Crippen molar-refractivity contribution in [3.05, 3.63) is 6.33 Å². The summed E-state index contributed by atoms with van der Waals surface area (Å²) < 4.78 is 0. The predicted molar refractivity (Wildman–Crippen MR) is 68.5 cm³/mol. The average molecular weight is 237 g/mol. The molecule has 0 N–H and O–H groups in total. The lowest BCUT2D eigenvalue weighted by molar-refractivity contribution is 0.471. The summed E-state index contributed by atoms with van der Waals surface area (Å²) in [5.74, 6) is 0. The Balaban J connectivity index is 1.76. The highest BCUT2D eigenvalue weighted by atomic mass is 15.6. The summed E-state index contributed by atoms with van der Waals surface area (Å²) in [5, 5.41) is 11.2. The molecule has 0 amide bonds. The summed E-state index contributed by atoms with van der Waals surface area (Å²) in [5.41, 5.74) is 0. The molecule has 0 spiro atoms. The van der Waals surface area contributed by atoms with E-state index in [1.54, 1.807) is 4.80 Å². The van der Waals surface area contributed by atoms with Gasteiger partial charge in [0, 0.05) is 0 Å². The van der Waals surface area contributed by atoms with Crippen molar-refractivity contribution in [1.29, 1.82) is 0 Å². The van der Waals surface area contributed by atoms with Gasteiger partial charge in [0.2, 0.25) is 6.33 Å². The number of aryl methyl sites for hydroxylation is 1. The Labute approximate surface area is 105 Å². The minimum Gasteiger partial charge on any atom is -0.164 e. The highest BCUT2D eigenvalue weighted by molar-refractivity contribution is 4.47. The second kappa shape index (κ2) is 10.2. The van der Waals surface area contributed by atoms with Crippen molar-refractivity contribution in [2.75, 3.05) is 0 Å². The van der Waals surface area contributed by atoms with Crippen LogP contribution in [0.2, 0.25) is 0 Å². The topological polar surface area (TPSA) is 43.6 Å². The molecule has 0 aliphatic rings. The molecule has 0 saturated heterocycles. The molecule has 1 aromatic rings. The summed E-state index contributed by atoms with van der Waals surface area (Å²) in [4.78, 5) is 1.62. The van der Waals surface area contributed by atoms with E-state index >= 15 is 0 Å². The second-order valence-electron chi connectivity index (χ2n) is 4.67. The minimum atomic E-state index is 0.882. The van der Waals surface area contributed by atoms with E-state index in [2.05, 4.69) is 28.7 Å². The maximum Gasteiger partial charge on any atom is 0.245 e. The van der Waals surface area contributed by atoms with E-state index in [1.165, 1.54) is 57.8 Å². The van der Waals surface area contributed by atoms with Gasteiger partial charge in [-0.1, -0.05) is 64.7 Å². The molecule has 0 aliphatic heterocycles. The van der Waals surface area contributed by atoms with Gasteiger partial charge in [0.25, 0.3) is 0 Å². The van der Waals surface area contributed by atoms with E-state index < -0.39 is 0 Å². The molecule has 4 nitrogen and oxygen atoms in total. The molecule has 0 saturated carbocycles. The van der Waals surface area contributed by atoms with Crippen molar-refractivity contribution >= 4 is 0 Å². The van der Waals surface area contributed by atoms with Gasteiger partial charge in [-0.2, -0.15) is 4.80 Å². The zero-order valence-corrected chi connectivity index (χ0v) is 11.1. The van der Waals surface area contributed by atoms with Gasteiger partial charge in [-0.05, 0) is 11.6 Å². The number of unbranched alkanes of at least 4 members (excludes halogenated alkanes) is 9. The zero-order chi connectivity index (χ0) is 12.2. The van der Waals surface area contributed by atoms with Crippen molar-refractivity contribution < 1.29 is 0 Å². The maximum absolute atomic E-state index is 3.86. The van der Waals surface area contributed by atoms with Crippen LogP contribution in [0.1, 0.15) is 71.1 Å². The number of aromatic nitrogens is 4. The molecule has 1 radical (unpaired) electrons.